The molecule has 4 aromatic carbocycles. The lowest BCUT2D eigenvalue weighted by atomic mass is 9.80. The van der Waals surface area contributed by atoms with Crippen molar-refractivity contribution >= 4 is 12.9 Å². The quantitative estimate of drug-likeness (QED) is 0.246. The number of benzene rings is 4. The van der Waals surface area contributed by atoms with E-state index in [9.17, 15) is 5.11 Å². The number of hydrogen-bond acceptors (Lipinski definition) is 5. The van der Waals surface area contributed by atoms with Gasteiger partial charge in [-0.2, -0.15) is 0 Å². The molecule has 5 nitrogen and oxygen atoms in total. The molecule has 1 radical (unpaired) electrons. The number of aliphatic hydroxyl groups is 1. The minimum atomic E-state index is -1.03. The molecule has 0 amide bonds. The van der Waals surface area contributed by atoms with Crippen LogP contribution in [0.1, 0.15) is 27.7 Å². The second-order valence-electron chi connectivity index (χ2n) is 10.6. The van der Waals surface area contributed by atoms with Gasteiger partial charge >= 0.3 is 7.48 Å². The number of nitrogens with zero attached hydrogens (tertiary/aromatic N) is 3. The second kappa shape index (κ2) is 10.9. The van der Waals surface area contributed by atoms with Crippen molar-refractivity contribution in [3.63, 3.8) is 0 Å². The zero-order valence-electron chi connectivity index (χ0n) is 22.7. The third-order valence-corrected chi connectivity index (χ3v) is 6.98. The van der Waals surface area contributed by atoms with E-state index in [1.165, 1.54) is 0 Å². The van der Waals surface area contributed by atoms with Crippen molar-refractivity contribution < 1.29 is 9.76 Å². The summed E-state index contributed by atoms with van der Waals surface area (Å²) in [4.78, 5) is 14.6. The molecule has 0 aliphatic carbocycles. The van der Waals surface area contributed by atoms with Crippen LogP contribution in [0.5, 0.6) is 0 Å². The molecule has 0 saturated heterocycles. The number of hydrogen-bond donors (Lipinski definition) is 1. The molecule has 1 heterocycles. The molecule has 39 heavy (non-hydrogen) atoms. The molecule has 5 rings (SSSR count). The highest BCUT2D eigenvalue weighted by Crippen LogP contribution is 2.28. The Kier molecular flexibility index (Phi) is 7.42. The SMILES string of the molecule is CC(C)(O)C(C)(C)O[B]c1cc(-c2ccccc2)cc(-c2nc(-c3ccccc3)nc(-c3ccccc3)n2)c1. The molecule has 5 aromatic rings. The van der Waals surface area contributed by atoms with Gasteiger partial charge in [0.15, 0.2) is 17.5 Å². The van der Waals surface area contributed by atoms with Gasteiger partial charge in [0.05, 0.1) is 11.2 Å². The van der Waals surface area contributed by atoms with E-state index < -0.39 is 11.2 Å². The van der Waals surface area contributed by atoms with E-state index in [0.29, 0.717) is 17.5 Å². The molecule has 1 N–H and O–H groups in total. The molecule has 6 heteroatoms. The fourth-order valence-electron chi connectivity index (χ4n) is 3.94. The van der Waals surface area contributed by atoms with Gasteiger partial charge in [0.1, 0.15) is 0 Å². The van der Waals surface area contributed by atoms with Gasteiger partial charge in [-0.05, 0) is 44.9 Å². The summed E-state index contributed by atoms with van der Waals surface area (Å²) in [6.45, 7) is 7.23. The van der Waals surface area contributed by atoms with Gasteiger partial charge in [-0.15, -0.1) is 0 Å². The van der Waals surface area contributed by atoms with E-state index in [1.807, 2.05) is 98.8 Å². The summed E-state index contributed by atoms with van der Waals surface area (Å²) in [6.07, 6.45) is 0. The topological polar surface area (TPSA) is 68.1 Å². The number of aromatic nitrogens is 3. The first kappa shape index (κ1) is 26.5. The molecule has 0 saturated carbocycles. The Bertz CT molecular complexity index is 1490. The van der Waals surface area contributed by atoms with Crippen molar-refractivity contribution in [1.82, 2.24) is 15.0 Å². The minimum Gasteiger partial charge on any atom is -0.427 e. The van der Waals surface area contributed by atoms with E-state index in [1.54, 1.807) is 21.3 Å². The van der Waals surface area contributed by atoms with E-state index in [-0.39, 0.29) is 0 Å². The van der Waals surface area contributed by atoms with Gasteiger partial charge in [-0.25, -0.2) is 15.0 Å². The van der Waals surface area contributed by atoms with Gasteiger partial charge < -0.3 is 9.76 Å². The van der Waals surface area contributed by atoms with Crippen LogP contribution < -0.4 is 5.46 Å². The molecule has 0 aliphatic rings. The maximum Gasteiger partial charge on any atom is 0.330 e. The van der Waals surface area contributed by atoms with Gasteiger partial charge in [-0.1, -0.05) is 109 Å². The predicted molar refractivity (Wildman–Crippen MR) is 158 cm³/mol. The van der Waals surface area contributed by atoms with Crippen LogP contribution in [0, 0.1) is 0 Å². The molecular formula is C33H31BN3O2. The van der Waals surface area contributed by atoms with Gasteiger partial charge in [0.2, 0.25) is 0 Å². The Hall–Kier alpha value is -4.13. The third-order valence-electron chi connectivity index (χ3n) is 6.98. The highest BCUT2D eigenvalue weighted by molar-refractivity contribution is 6.47. The van der Waals surface area contributed by atoms with Crippen molar-refractivity contribution in [1.29, 1.82) is 0 Å². The maximum atomic E-state index is 10.6. The lowest BCUT2D eigenvalue weighted by molar-refractivity contribution is -0.0893. The van der Waals surface area contributed by atoms with Gasteiger partial charge in [0.25, 0.3) is 0 Å². The lowest BCUT2D eigenvalue weighted by Crippen LogP contribution is -2.49. The monoisotopic (exact) mass is 512 g/mol. The van der Waals surface area contributed by atoms with Crippen LogP contribution in [0.4, 0.5) is 0 Å². The zero-order chi connectivity index (χ0) is 27.5. The summed E-state index contributed by atoms with van der Waals surface area (Å²) in [5.74, 6) is 1.78. The van der Waals surface area contributed by atoms with E-state index in [0.717, 1.165) is 33.3 Å². The fourth-order valence-corrected chi connectivity index (χ4v) is 3.94. The van der Waals surface area contributed by atoms with Crippen molar-refractivity contribution in [3.05, 3.63) is 109 Å². The van der Waals surface area contributed by atoms with Crippen LogP contribution in [-0.2, 0) is 4.65 Å². The van der Waals surface area contributed by atoms with E-state index >= 15 is 0 Å². The summed E-state index contributed by atoms with van der Waals surface area (Å²) in [5, 5.41) is 10.6. The smallest absolute Gasteiger partial charge is 0.330 e. The summed E-state index contributed by atoms with van der Waals surface area (Å²) in [5.41, 5.74) is 3.75. The van der Waals surface area contributed by atoms with Crippen molar-refractivity contribution in [2.45, 2.75) is 38.9 Å². The fraction of sp³-hybridized carbons (Fsp3) is 0.182. The Morgan fingerprint density at radius 3 is 1.41 bits per heavy atom. The molecule has 0 fully saturated rings. The third kappa shape index (κ3) is 6.14. The van der Waals surface area contributed by atoms with Crippen LogP contribution >= 0.6 is 0 Å². The summed E-state index contributed by atoms with van der Waals surface area (Å²) >= 11 is 0. The summed E-state index contributed by atoms with van der Waals surface area (Å²) in [6, 6.07) is 36.2. The predicted octanol–water partition coefficient (Wildman–Crippen LogP) is 6.35. The Labute approximate surface area is 230 Å². The van der Waals surface area contributed by atoms with Crippen LogP contribution in [0.25, 0.3) is 45.3 Å². The van der Waals surface area contributed by atoms with Crippen LogP contribution in [0.3, 0.4) is 0 Å². The van der Waals surface area contributed by atoms with Gasteiger partial charge in [-0.3, -0.25) is 0 Å². The van der Waals surface area contributed by atoms with Crippen molar-refractivity contribution in [2.24, 2.45) is 0 Å². The molecule has 0 atom stereocenters. The molecule has 0 unspecified atom stereocenters. The van der Waals surface area contributed by atoms with Crippen LogP contribution in [0.15, 0.2) is 109 Å². The molecule has 1 aromatic heterocycles. The molecule has 0 spiro atoms. The van der Waals surface area contributed by atoms with E-state index in [2.05, 4.69) is 24.3 Å². The standard InChI is InChI=1S/C33H31BN3O2/c1-32(2,38)33(3,4)39-34-28-21-26(23-14-8-5-9-15-23)20-27(22-28)31-36-29(24-16-10-6-11-17-24)35-30(37-31)25-18-12-7-13-19-25/h5-22,38H,1-4H3. The highest BCUT2D eigenvalue weighted by Gasteiger charge is 2.35. The van der Waals surface area contributed by atoms with Crippen LogP contribution in [-0.4, -0.2) is 38.7 Å². The van der Waals surface area contributed by atoms with Crippen LogP contribution in [0.2, 0.25) is 0 Å². The summed E-state index contributed by atoms with van der Waals surface area (Å²) in [7, 11) is 1.70. The highest BCUT2D eigenvalue weighted by atomic mass is 16.5. The van der Waals surface area contributed by atoms with Crippen molar-refractivity contribution in [3.8, 4) is 45.3 Å². The normalized spacial score (nSPS) is 11.8. The zero-order valence-corrected chi connectivity index (χ0v) is 22.7. The first-order chi connectivity index (χ1) is 18.7. The lowest BCUT2D eigenvalue weighted by Gasteiger charge is -2.37. The second-order valence-corrected chi connectivity index (χ2v) is 10.6. The maximum absolute atomic E-state index is 10.6. The minimum absolute atomic E-state index is 0.567. The molecule has 0 aliphatic heterocycles. The first-order valence-electron chi connectivity index (χ1n) is 13.0. The Balaban J connectivity index is 1.65. The average Bonchev–Trinajstić information content (AvgIpc) is 2.96. The Morgan fingerprint density at radius 1 is 0.538 bits per heavy atom. The first-order valence-corrected chi connectivity index (χ1v) is 13.0. The van der Waals surface area contributed by atoms with Gasteiger partial charge in [0, 0.05) is 16.7 Å². The molecule has 193 valence electrons. The van der Waals surface area contributed by atoms with E-state index in [4.69, 9.17) is 19.6 Å². The van der Waals surface area contributed by atoms with Crippen molar-refractivity contribution in [2.75, 3.05) is 0 Å². The molecular weight excluding hydrogens is 481 g/mol. The summed E-state index contributed by atoms with van der Waals surface area (Å²) < 4.78 is 6.12. The Morgan fingerprint density at radius 2 is 0.949 bits per heavy atom. The number of rotatable bonds is 8. The average molecular weight is 512 g/mol. The largest absolute Gasteiger partial charge is 0.427 e. The molecule has 0 bridgehead atoms.